The highest BCUT2D eigenvalue weighted by Crippen LogP contribution is 2.31. The minimum Gasteiger partial charge on any atom is -0.380 e. The number of aryl methyl sites for hydroxylation is 1. The summed E-state index contributed by atoms with van der Waals surface area (Å²) in [5.41, 5.74) is 4.85. The molecular weight excluding hydrogens is 265 g/mol. The van der Waals surface area contributed by atoms with Crippen molar-refractivity contribution in [3.05, 3.63) is 70.5 Å². The molecule has 3 heteroatoms. The number of ether oxygens (including phenoxy) is 1. The first-order valence-electron chi connectivity index (χ1n) is 7.35. The molecule has 1 aliphatic rings. The zero-order valence-corrected chi connectivity index (χ0v) is 12.2. The molecule has 110 valence electrons. The first-order chi connectivity index (χ1) is 10.3. The van der Waals surface area contributed by atoms with Crippen LogP contribution in [0.2, 0.25) is 0 Å². The highest BCUT2D eigenvalue weighted by molar-refractivity contribution is 5.35. The van der Waals surface area contributed by atoms with Gasteiger partial charge in [-0.1, -0.05) is 30.3 Å². The molecule has 1 unspecified atom stereocenters. The van der Waals surface area contributed by atoms with E-state index in [9.17, 15) is 4.39 Å². The van der Waals surface area contributed by atoms with Crippen LogP contribution in [-0.2, 0) is 24.3 Å². The van der Waals surface area contributed by atoms with Crippen LogP contribution in [0.25, 0.3) is 0 Å². The Balaban J connectivity index is 1.70. The molecule has 1 aliphatic carbocycles. The molecule has 2 nitrogen and oxygen atoms in total. The van der Waals surface area contributed by atoms with Crippen LogP contribution in [-0.4, -0.2) is 7.11 Å². The van der Waals surface area contributed by atoms with E-state index in [1.54, 1.807) is 19.2 Å². The van der Waals surface area contributed by atoms with Crippen molar-refractivity contribution in [1.29, 1.82) is 0 Å². The summed E-state index contributed by atoms with van der Waals surface area (Å²) in [5.74, 6) is -0.139. The van der Waals surface area contributed by atoms with Crippen molar-refractivity contribution in [2.75, 3.05) is 7.11 Å². The Labute approximate surface area is 125 Å². The van der Waals surface area contributed by atoms with Gasteiger partial charge in [0.25, 0.3) is 0 Å². The fourth-order valence-electron chi connectivity index (χ4n) is 3.06. The van der Waals surface area contributed by atoms with Crippen molar-refractivity contribution in [3.63, 3.8) is 0 Å². The Kier molecular flexibility index (Phi) is 4.32. The van der Waals surface area contributed by atoms with E-state index in [0.717, 1.165) is 24.9 Å². The fourth-order valence-corrected chi connectivity index (χ4v) is 3.06. The highest BCUT2D eigenvalue weighted by atomic mass is 19.1. The number of nitrogens with one attached hydrogen (secondary N) is 1. The van der Waals surface area contributed by atoms with E-state index in [-0.39, 0.29) is 5.82 Å². The van der Waals surface area contributed by atoms with Crippen molar-refractivity contribution in [2.45, 2.75) is 32.0 Å². The Morgan fingerprint density at radius 2 is 2.00 bits per heavy atom. The fraction of sp³-hybridized carbons (Fsp3) is 0.333. The van der Waals surface area contributed by atoms with Crippen LogP contribution in [0, 0.1) is 5.82 Å². The van der Waals surface area contributed by atoms with Gasteiger partial charge in [-0.2, -0.15) is 0 Å². The summed E-state index contributed by atoms with van der Waals surface area (Å²) in [6.07, 6.45) is 1.98. The number of hydrogen-bond donors (Lipinski definition) is 1. The van der Waals surface area contributed by atoms with Crippen LogP contribution in [0.4, 0.5) is 4.39 Å². The molecule has 2 aromatic rings. The molecule has 2 aromatic carbocycles. The van der Waals surface area contributed by atoms with Gasteiger partial charge in [-0.3, -0.25) is 0 Å². The van der Waals surface area contributed by atoms with Gasteiger partial charge in [-0.25, -0.2) is 4.39 Å². The second-order valence-corrected chi connectivity index (χ2v) is 5.52. The molecule has 1 atom stereocenters. The minimum atomic E-state index is -0.139. The number of fused-ring (bicyclic) bond motifs is 1. The largest absolute Gasteiger partial charge is 0.380 e. The average molecular weight is 285 g/mol. The maximum atomic E-state index is 13.2. The topological polar surface area (TPSA) is 21.3 Å². The number of hydrogen-bond acceptors (Lipinski definition) is 2. The van der Waals surface area contributed by atoms with Crippen LogP contribution >= 0.6 is 0 Å². The zero-order valence-electron chi connectivity index (χ0n) is 12.2. The second-order valence-electron chi connectivity index (χ2n) is 5.52. The summed E-state index contributed by atoms with van der Waals surface area (Å²) in [6.45, 7) is 1.44. The summed E-state index contributed by atoms with van der Waals surface area (Å²) in [5, 5.41) is 3.59. The Hall–Kier alpha value is -1.71. The van der Waals surface area contributed by atoms with Gasteiger partial charge < -0.3 is 10.1 Å². The molecule has 0 aliphatic heterocycles. The lowest BCUT2D eigenvalue weighted by Gasteiger charge is -2.16. The van der Waals surface area contributed by atoms with Gasteiger partial charge >= 0.3 is 0 Å². The third kappa shape index (κ3) is 3.14. The lowest BCUT2D eigenvalue weighted by molar-refractivity contribution is 0.184. The van der Waals surface area contributed by atoms with Crippen molar-refractivity contribution in [2.24, 2.45) is 0 Å². The van der Waals surface area contributed by atoms with E-state index in [0.29, 0.717) is 12.6 Å². The maximum Gasteiger partial charge on any atom is 0.123 e. The van der Waals surface area contributed by atoms with Crippen LogP contribution < -0.4 is 5.32 Å². The molecule has 0 heterocycles. The van der Waals surface area contributed by atoms with Gasteiger partial charge in [0.15, 0.2) is 0 Å². The maximum absolute atomic E-state index is 13.2. The normalized spacial score (nSPS) is 17.0. The first-order valence-corrected chi connectivity index (χ1v) is 7.35. The highest BCUT2D eigenvalue weighted by Gasteiger charge is 2.22. The van der Waals surface area contributed by atoms with Gasteiger partial charge in [-0.15, -0.1) is 0 Å². The van der Waals surface area contributed by atoms with E-state index >= 15 is 0 Å². The third-order valence-corrected chi connectivity index (χ3v) is 4.14. The molecule has 0 radical (unpaired) electrons. The predicted molar refractivity (Wildman–Crippen MR) is 81.5 cm³/mol. The van der Waals surface area contributed by atoms with E-state index in [1.807, 2.05) is 18.2 Å². The second kappa shape index (κ2) is 6.37. The van der Waals surface area contributed by atoms with E-state index in [2.05, 4.69) is 17.4 Å². The van der Waals surface area contributed by atoms with E-state index in [1.165, 1.54) is 16.7 Å². The third-order valence-electron chi connectivity index (χ3n) is 4.14. The molecule has 3 rings (SSSR count). The molecule has 0 saturated carbocycles. The summed E-state index contributed by atoms with van der Waals surface area (Å²) in [6, 6.07) is 13.8. The van der Waals surface area contributed by atoms with Crippen molar-refractivity contribution >= 4 is 0 Å². The lowest BCUT2D eigenvalue weighted by Crippen LogP contribution is -2.19. The molecule has 0 bridgehead atoms. The molecule has 0 saturated heterocycles. The number of rotatable bonds is 5. The van der Waals surface area contributed by atoms with Crippen molar-refractivity contribution in [3.8, 4) is 0 Å². The molecule has 0 fully saturated rings. The molecule has 21 heavy (non-hydrogen) atoms. The van der Waals surface area contributed by atoms with Crippen molar-refractivity contribution < 1.29 is 9.13 Å². The lowest BCUT2D eigenvalue weighted by atomic mass is 10.1. The SMILES string of the molecule is COCc1ccccc1CNC1CCc2cc(F)ccc21. The first kappa shape index (κ1) is 14.2. The molecule has 0 aromatic heterocycles. The monoisotopic (exact) mass is 285 g/mol. The summed E-state index contributed by atoms with van der Waals surface area (Å²) in [4.78, 5) is 0. The van der Waals surface area contributed by atoms with E-state index < -0.39 is 0 Å². The van der Waals surface area contributed by atoms with Crippen LogP contribution in [0.3, 0.4) is 0 Å². The average Bonchev–Trinajstić information content (AvgIpc) is 2.89. The summed E-state index contributed by atoms with van der Waals surface area (Å²) < 4.78 is 18.5. The van der Waals surface area contributed by atoms with Gasteiger partial charge in [-0.05, 0) is 47.2 Å². The summed E-state index contributed by atoms with van der Waals surface area (Å²) in [7, 11) is 1.71. The molecule has 1 N–H and O–H groups in total. The quantitative estimate of drug-likeness (QED) is 0.903. The van der Waals surface area contributed by atoms with Gasteiger partial charge in [0.2, 0.25) is 0 Å². The number of methoxy groups -OCH3 is 1. The van der Waals surface area contributed by atoms with Crippen molar-refractivity contribution in [1.82, 2.24) is 5.32 Å². The smallest absolute Gasteiger partial charge is 0.123 e. The van der Waals surface area contributed by atoms with Gasteiger partial charge in [0, 0.05) is 19.7 Å². The molecular formula is C18H20FNO. The van der Waals surface area contributed by atoms with Crippen LogP contribution in [0.15, 0.2) is 42.5 Å². The van der Waals surface area contributed by atoms with Crippen LogP contribution in [0.1, 0.15) is 34.7 Å². The standard InChI is InChI=1S/C18H20FNO/c1-21-12-15-5-3-2-4-14(15)11-20-18-9-6-13-10-16(19)7-8-17(13)18/h2-5,7-8,10,18,20H,6,9,11-12H2,1H3. The number of benzene rings is 2. The minimum absolute atomic E-state index is 0.139. The summed E-state index contributed by atoms with van der Waals surface area (Å²) >= 11 is 0. The molecule has 0 spiro atoms. The number of halogens is 1. The Morgan fingerprint density at radius 3 is 2.81 bits per heavy atom. The van der Waals surface area contributed by atoms with Crippen LogP contribution in [0.5, 0.6) is 0 Å². The zero-order chi connectivity index (χ0) is 14.7. The van der Waals surface area contributed by atoms with Gasteiger partial charge in [0.1, 0.15) is 5.82 Å². The van der Waals surface area contributed by atoms with E-state index in [4.69, 9.17) is 4.74 Å². The predicted octanol–water partition coefficient (Wildman–Crippen LogP) is 3.75. The van der Waals surface area contributed by atoms with Gasteiger partial charge in [0.05, 0.1) is 6.61 Å². The Morgan fingerprint density at radius 1 is 1.19 bits per heavy atom. The molecule has 0 amide bonds. The Bertz CT molecular complexity index is 626.